The van der Waals surface area contributed by atoms with Crippen LogP contribution >= 0.6 is 0 Å². The van der Waals surface area contributed by atoms with Crippen molar-refractivity contribution in [2.45, 2.75) is 38.5 Å². The van der Waals surface area contributed by atoms with Crippen LogP contribution in [0.1, 0.15) is 35.8 Å². The molecule has 1 aromatic heterocycles. The van der Waals surface area contributed by atoms with Crippen LogP contribution in [0.25, 0.3) is 0 Å². The summed E-state index contributed by atoms with van der Waals surface area (Å²) in [5.74, 6) is 0.925. The fourth-order valence-corrected chi connectivity index (χ4v) is 3.87. The minimum Gasteiger partial charge on any atom is -0.376 e. The standard InChI is InChI=1S/C19H28N6O/c1-15-5-7-16(8-6-15)18(24-11-9-23(2)10-12-24)19-20-21-22-25(19)14-17-4-3-13-26-17/h5-8,17-18H,3-4,9-14H2,1-2H3/t17-,18+/m0/s1. The number of benzene rings is 1. The third kappa shape index (κ3) is 3.79. The van der Waals surface area contributed by atoms with Gasteiger partial charge in [-0.25, -0.2) is 4.68 Å². The summed E-state index contributed by atoms with van der Waals surface area (Å²) in [6, 6.07) is 8.85. The van der Waals surface area contributed by atoms with Crippen molar-refractivity contribution in [1.29, 1.82) is 0 Å². The molecular weight excluding hydrogens is 328 g/mol. The fourth-order valence-electron chi connectivity index (χ4n) is 3.87. The van der Waals surface area contributed by atoms with E-state index >= 15 is 0 Å². The molecular formula is C19H28N6O. The summed E-state index contributed by atoms with van der Waals surface area (Å²) in [5.41, 5.74) is 2.52. The van der Waals surface area contributed by atoms with E-state index in [0.717, 1.165) is 58.0 Å². The highest BCUT2D eigenvalue weighted by atomic mass is 16.5. The summed E-state index contributed by atoms with van der Waals surface area (Å²) in [5, 5.41) is 12.7. The van der Waals surface area contributed by atoms with Gasteiger partial charge < -0.3 is 9.64 Å². The lowest BCUT2D eigenvalue weighted by atomic mass is 10.0. The lowest BCUT2D eigenvalue weighted by Crippen LogP contribution is -2.46. The van der Waals surface area contributed by atoms with E-state index in [1.54, 1.807) is 0 Å². The van der Waals surface area contributed by atoms with Crippen LogP contribution in [0.15, 0.2) is 24.3 Å². The van der Waals surface area contributed by atoms with E-state index in [-0.39, 0.29) is 12.1 Å². The molecule has 4 rings (SSSR count). The minimum atomic E-state index is 0.0840. The summed E-state index contributed by atoms with van der Waals surface area (Å²) in [6.45, 7) is 7.87. The molecule has 1 aromatic carbocycles. The second-order valence-electron chi connectivity index (χ2n) is 7.51. The minimum absolute atomic E-state index is 0.0840. The first-order valence-electron chi connectivity index (χ1n) is 9.57. The molecule has 0 N–H and O–H groups in total. The first-order valence-corrected chi connectivity index (χ1v) is 9.57. The monoisotopic (exact) mass is 356 g/mol. The van der Waals surface area contributed by atoms with Gasteiger partial charge in [0, 0.05) is 32.8 Å². The van der Waals surface area contributed by atoms with Gasteiger partial charge in [0.25, 0.3) is 0 Å². The Morgan fingerprint density at radius 2 is 1.92 bits per heavy atom. The molecule has 0 amide bonds. The molecule has 0 bridgehead atoms. The van der Waals surface area contributed by atoms with E-state index < -0.39 is 0 Å². The van der Waals surface area contributed by atoms with E-state index in [2.05, 4.69) is 63.6 Å². The highest BCUT2D eigenvalue weighted by molar-refractivity contribution is 5.28. The van der Waals surface area contributed by atoms with Crippen molar-refractivity contribution in [2.24, 2.45) is 0 Å². The summed E-state index contributed by atoms with van der Waals surface area (Å²) in [4.78, 5) is 4.88. The van der Waals surface area contributed by atoms with Crippen molar-refractivity contribution in [3.8, 4) is 0 Å². The molecule has 3 heterocycles. The first-order chi connectivity index (χ1) is 12.7. The number of aromatic nitrogens is 4. The number of piperazine rings is 1. The molecule has 2 atom stereocenters. The van der Waals surface area contributed by atoms with E-state index in [9.17, 15) is 0 Å². The zero-order valence-electron chi connectivity index (χ0n) is 15.7. The molecule has 7 nitrogen and oxygen atoms in total. The molecule has 2 saturated heterocycles. The molecule has 140 valence electrons. The lowest BCUT2D eigenvalue weighted by Gasteiger charge is -2.37. The largest absolute Gasteiger partial charge is 0.376 e. The van der Waals surface area contributed by atoms with E-state index in [0.29, 0.717) is 0 Å². The Morgan fingerprint density at radius 3 is 2.62 bits per heavy atom. The third-order valence-corrected chi connectivity index (χ3v) is 5.50. The van der Waals surface area contributed by atoms with Gasteiger partial charge in [-0.15, -0.1) is 5.10 Å². The Hall–Kier alpha value is -1.83. The van der Waals surface area contributed by atoms with Crippen LogP contribution in [0.4, 0.5) is 0 Å². The van der Waals surface area contributed by atoms with Crippen LogP contribution in [-0.4, -0.2) is 75.9 Å². The van der Waals surface area contributed by atoms with Crippen LogP contribution < -0.4 is 0 Å². The zero-order valence-corrected chi connectivity index (χ0v) is 15.7. The first kappa shape index (κ1) is 17.6. The van der Waals surface area contributed by atoms with Crippen LogP contribution in [0.3, 0.4) is 0 Å². The summed E-state index contributed by atoms with van der Waals surface area (Å²) >= 11 is 0. The second-order valence-corrected chi connectivity index (χ2v) is 7.51. The van der Waals surface area contributed by atoms with E-state index in [1.165, 1.54) is 11.1 Å². The Bertz CT molecular complexity index is 701. The summed E-state index contributed by atoms with van der Waals surface area (Å²) < 4.78 is 7.76. The maximum atomic E-state index is 5.81. The maximum absolute atomic E-state index is 5.81. The Morgan fingerprint density at radius 1 is 1.15 bits per heavy atom. The number of tetrazole rings is 1. The van der Waals surface area contributed by atoms with Crippen LogP contribution in [-0.2, 0) is 11.3 Å². The van der Waals surface area contributed by atoms with Crippen molar-refractivity contribution in [1.82, 2.24) is 30.0 Å². The molecule has 2 aliphatic rings. The summed E-state index contributed by atoms with van der Waals surface area (Å²) in [7, 11) is 2.18. The second kappa shape index (κ2) is 7.82. The Balaban J connectivity index is 1.64. The molecule has 2 fully saturated rings. The zero-order chi connectivity index (χ0) is 17.9. The molecule has 2 aromatic rings. The van der Waals surface area contributed by atoms with Crippen molar-refractivity contribution in [3.63, 3.8) is 0 Å². The smallest absolute Gasteiger partial charge is 0.173 e. The van der Waals surface area contributed by atoms with Gasteiger partial charge in [0.2, 0.25) is 0 Å². The van der Waals surface area contributed by atoms with E-state index in [4.69, 9.17) is 4.74 Å². The van der Waals surface area contributed by atoms with Crippen LogP contribution in [0, 0.1) is 6.92 Å². The maximum Gasteiger partial charge on any atom is 0.173 e. The van der Waals surface area contributed by atoms with Crippen LogP contribution in [0.5, 0.6) is 0 Å². The molecule has 0 unspecified atom stereocenters. The molecule has 0 saturated carbocycles. The number of likely N-dealkylation sites (N-methyl/N-ethyl adjacent to an activating group) is 1. The number of rotatable bonds is 5. The van der Waals surface area contributed by atoms with Crippen molar-refractivity contribution >= 4 is 0 Å². The van der Waals surface area contributed by atoms with Gasteiger partial charge >= 0.3 is 0 Å². The molecule has 0 aliphatic carbocycles. The molecule has 0 radical (unpaired) electrons. The van der Waals surface area contributed by atoms with Crippen molar-refractivity contribution < 1.29 is 4.74 Å². The highest BCUT2D eigenvalue weighted by Gasteiger charge is 2.30. The Kier molecular flexibility index (Phi) is 5.28. The van der Waals surface area contributed by atoms with Gasteiger partial charge in [-0.05, 0) is 42.8 Å². The van der Waals surface area contributed by atoms with Crippen molar-refractivity contribution in [3.05, 3.63) is 41.2 Å². The summed E-state index contributed by atoms with van der Waals surface area (Å²) in [6.07, 6.45) is 2.44. The molecule has 26 heavy (non-hydrogen) atoms. The number of hydrogen-bond donors (Lipinski definition) is 0. The number of nitrogens with zero attached hydrogens (tertiary/aromatic N) is 6. The molecule has 0 spiro atoms. The molecule has 7 heteroatoms. The quantitative estimate of drug-likeness (QED) is 0.809. The van der Waals surface area contributed by atoms with Gasteiger partial charge in [-0.3, -0.25) is 4.90 Å². The topological polar surface area (TPSA) is 59.3 Å². The predicted octanol–water partition coefficient (Wildman–Crippen LogP) is 1.50. The van der Waals surface area contributed by atoms with Crippen LogP contribution in [0.2, 0.25) is 0 Å². The van der Waals surface area contributed by atoms with Gasteiger partial charge in [0.05, 0.1) is 18.7 Å². The highest BCUT2D eigenvalue weighted by Crippen LogP contribution is 2.28. The van der Waals surface area contributed by atoms with Gasteiger partial charge in [0.15, 0.2) is 5.82 Å². The third-order valence-electron chi connectivity index (χ3n) is 5.50. The molecule has 2 aliphatic heterocycles. The number of hydrogen-bond acceptors (Lipinski definition) is 6. The Labute approximate surface area is 154 Å². The average molecular weight is 356 g/mol. The number of ether oxygens (including phenoxy) is 1. The fraction of sp³-hybridized carbons (Fsp3) is 0.632. The normalized spacial score (nSPS) is 23.4. The SMILES string of the molecule is Cc1ccc([C@H](c2nnnn2C[C@@H]2CCCO2)N2CCN(C)CC2)cc1. The lowest BCUT2D eigenvalue weighted by molar-refractivity contribution is 0.0879. The van der Waals surface area contributed by atoms with Gasteiger partial charge in [-0.1, -0.05) is 29.8 Å². The van der Waals surface area contributed by atoms with Crippen molar-refractivity contribution in [2.75, 3.05) is 39.8 Å². The van der Waals surface area contributed by atoms with Gasteiger partial charge in [-0.2, -0.15) is 0 Å². The van der Waals surface area contributed by atoms with Gasteiger partial charge in [0.1, 0.15) is 0 Å². The average Bonchev–Trinajstić information content (AvgIpc) is 3.32. The predicted molar refractivity (Wildman–Crippen MR) is 98.9 cm³/mol. The number of aryl methyl sites for hydroxylation is 1. The van der Waals surface area contributed by atoms with E-state index in [1.807, 2.05) is 4.68 Å².